The molecule has 1 aromatic carbocycles. The zero-order valence-electron chi connectivity index (χ0n) is 7.66. The largest absolute Gasteiger partial charge is 0.378 e. The molecule has 0 bridgehead atoms. The molecule has 1 aromatic rings. The topological polar surface area (TPSA) is 35.8 Å². The standard InChI is InChI=1S/C11H10N2S/c12-8-10(11-13-6-7-14-11)9-4-2-1-3-5-9/h1-5,13H,6-7H2/b11-10+. The zero-order valence-corrected chi connectivity index (χ0v) is 8.47. The van der Waals surface area contributed by atoms with Gasteiger partial charge in [-0.25, -0.2) is 0 Å². The van der Waals surface area contributed by atoms with Crippen LogP contribution < -0.4 is 5.32 Å². The molecule has 70 valence electrons. The predicted molar refractivity (Wildman–Crippen MR) is 59.4 cm³/mol. The van der Waals surface area contributed by atoms with Crippen LogP contribution in [0.5, 0.6) is 0 Å². The van der Waals surface area contributed by atoms with Crippen molar-refractivity contribution in [2.45, 2.75) is 0 Å². The molecule has 1 saturated heterocycles. The number of hydrogen-bond acceptors (Lipinski definition) is 3. The molecule has 0 spiro atoms. The van der Waals surface area contributed by atoms with Crippen LogP contribution in [0.3, 0.4) is 0 Å². The minimum absolute atomic E-state index is 0.758. The Labute approximate surface area is 87.6 Å². The molecule has 1 aliphatic heterocycles. The molecule has 0 saturated carbocycles. The highest BCUT2D eigenvalue weighted by Crippen LogP contribution is 2.27. The van der Waals surface area contributed by atoms with Gasteiger partial charge in [-0.2, -0.15) is 5.26 Å². The number of hydrogen-bond donors (Lipinski definition) is 1. The highest BCUT2D eigenvalue weighted by molar-refractivity contribution is 8.03. The second kappa shape index (κ2) is 4.21. The van der Waals surface area contributed by atoms with E-state index in [4.69, 9.17) is 5.26 Å². The van der Waals surface area contributed by atoms with Gasteiger partial charge in [0.2, 0.25) is 0 Å². The highest BCUT2D eigenvalue weighted by atomic mass is 32.2. The number of nitriles is 1. The number of benzene rings is 1. The molecule has 0 unspecified atom stereocenters. The fourth-order valence-electron chi connectivity index (χ4n) is 1.38. The molecule has 2 rings (SSSR count). The van der Waals surface area contributed by atoms with E-state index in [2.05, 4.69) is 11.4 Å². The molecular weight excluding hydrogens is 192 g/mol. The minimum atomic E-state index is 0.758. The second-order valence-electron chi connectivity index (χ2n) is 2.96. The fraction of sp³-hybridized carbons (Fsp3) is 0.182. The van der Waals surface area contributed by atoms with Crippen LogP contribution in [-0.4, -0.2) is 12.3 Å². The van der Waals surface area contributed by atoms with Gasteiger partial charge < -0.3 is 5.32 Å². The minimum Gasteiger partial charge on any atom is -0.378 e. The van der Waals surface area contributed by atoms with Gasteiger partial charge >= 0.3 is 0 Å². The summed E-state index contributed by atoms with van der Waals surface area (Å²) in [4.78, 5) is 0. The van der Waals surface area contributed by atoms with Crippen molar-refractivity contribution in [3.8, 4) is 6.07 Å². The summed E-state index contributed by atoms with van der Waals surface area (Å²) in [7, 11) is 0. The molecule has 1 heterocycles. The normalized spacial score (nSPS) is 18.5. The Morgan fingerprint density at radius 3 is 2.71 bits per heavy atom. The van der Waals surface area contributed by atoms with Gasteiger partial charge in [0.1, 0.15) is 6.07 Å². The molecule has 0 aromatic heterocycles. The van der Waals surface area contributed by atoms with Crippen LogP contribution in [0.4, 0.5) is 0 Å². The zero-order chi connectivity index (χ0) is 9.80. The van der Waals surface area contributed by atoms with Crippen molar-refractivity contribution in [2.75, 3.05) is 12.3 Å². The summed E-state index contributed by atoms with van der Waals surface area (Å²) in [6, 6.07) is 12.0. The lowest BCUT2D eigenvalue weighted by atomic mass is 10.1. The van der Waals surface area contributed by atoms with Crippen LogP contribution in [-0.2, 0) is 0 Å². The third kappa shape index (κ3) is 1.75. The molecule has 3 heteroatoms. The Kier molecular flexibility index (Phi) is 2.76. The van der Waals surface area contributed by atoms with Crippen molar-refractivity contribution in [1.29, 1.82) is 5.26 Å². The smallest absolute Gasteiger partial charge is 0.103 e. The third-order valence-electron chi connectivity index (χ3n) is 2.04. The van der Waals surface area contributed by atoms with Gasteiger partial charge in [0.25, 0.3) is 0 Å². The average molecular weight is 202 g/mol. The monoisotopic (exact) mass is 202 g/mol. The van der Waals surface area contributed by atoms with Crippen molar-refractivity contribution in [3.63, 3.8) is 0 Å². The highest BCUT2D eigenvalue weighted by Gasteiger charge is 2.13. The van der Waals surface area contributed by atoms with Gasteiger partial charge in [-0.05, 0) is 5.56 Å². The van der Waals surface area contributed by atoms with Gasteiger partial charge in [0, 0.05) is 12.3 Å². The summed E-state index contributed by atoms with van der Waals surface area (Å²) in [5.74, 6) is 1.05. The van der Waals surface area contributed by atoms with E-state index in [9.17, 15) is 0 Å². The number of nitrogens with one attached hydrogen (secondary N) is 1. The molecule has 0 amide bonds. The lowest BCUT2D eigenvalue weighted by molar-refractivity contribution is 0.950. The first-order valence-corrected chi connectivity index (χ1v) is 5.47. The summed E-state index contributed by atoms with van der Waals surface area (Å²) in [6.45, 7) is 0.956. The molecule has 14 heavy (non-hydrogen) atoms. The Bertz CT molecular complexity index is 381. The first-order valence-electron chi connectivity index (χ1n) is 4.48. The number of nitrogens with zero attached hydrogens (tertiary/aromatic N) is 1. The first-order chi connectivity index (χ1) is 6.92. The Balaban J connectivity index is 2.40. The predicted octanol–water partition coefficient (Wildman–Crippen LogP) is 2.22. The van der Waals surface area contributed by atoms with Crippen molar-refractivity contribution in [2.24, 2.45) is 0 Å². The SMILES string of the molecule is N#C/C(=C1/NCCS1)c1ccccc1. The van der Waals surface area contributed by atoms with Crippen LogP contribution in [0.25, 0.3) is 5.57 Å². The Hall–Kier alpha value is -1.40. The molecule has 0 atom stereocenters. The van der Waals surface area contributed by atoms with E-state index in [-0.39, 0.29) is 0 Å². The van der Waals surface area contributed by atoms with Crippen LogP contribution in [0, 0.1) is 11.3 Å². The van der Waals surface area contributed by atoms with Crippen molar-refractivity contribution < 1.29 is 0 Å². The quantitative estimate of drug-likeness (QED) is 0.709. The van der Waals surface area contributed by atoms with Crippen molar-refractivity contribution in [1.82, 2.24) is 5.32 Å². The summed E-state index contributed by atoms with van der Waals surface area (Å²) in [5, 5.41) is 13.3. The van der Waals surface area contributed by atoms with E-state index in [1.54, 1.807) is 11.8 Å². The van der Waals surface area contributed by atoms with Crippen molar-refractivity contribution in [3.05, 3.63) is 40.9 Å². The molecule has 1 fully saturated rings. The van der Waals surface area contributed by atoms with Gasteiger partial charge in [-0.3, -0.25) is 0 Å². The van der Waals surface area contributed by atoms with E-state index in [0.717, 1.165) is 28.5 Å². The average Bonchev–Trinajstić information content (AvgIpc) is 2.74. The van der Waals surface area contributed by atoms with Gasteiger partial charge in [0.15, 0.2) is 0 Å². The molecule has 2 nitrogen and oxygen atoms in total. The van der Waals surface area contributed by atoms with Gasteiger partial charge in [-0.15, -0.1) is 11.8 Å². The molecule has 1 aliphatic rings. The van der Waals surface area contributed by atoms with Gasteiger partial charge in [-0.1, -0.05) is 30.3 Å². The number of thioether (sulfide) groups is 1. The first kappa shape index (κ1) is 9.17. The maximum atomic E-state index is 9.08. The maximum absolute atomic E-state index is 9.08. The number of allylic oxidation sites excluding steroid dienone is 1. The van der Waals surface area contributed by atoms with E-state index in [1.807, 2.05) is 30.3 Å². The summed E-state index contributed by atoms with van der Waals surface area (Å²) < 4.78 is 0. The van der Waals surface area contributed by atoms with Crippen LogP contribution in [0.15, 0.2) is 35.4 Å². The number of rotatable bonds is 1. The lowest BCUT2D eigenvalue weighted by Crippen LogP contribution is -2.06. The van der Waals surface area contributed by atoms with Crippen LogP contribution >= 0.6 is 11.8 Å². The van der Waals surface area contributed by atoms with Crippen molar-refractivity contribution >= 4 is 17.3 Å². The summed E-state index contributed by atoms with van der Waals surface area (Å²) >= 11 is 1.72. The van der Waals surface area contributed by atoms with Gasteiger partial charge in [0.05, 0.1) is 10.6 Å². The van der Waals surface area contributed by atoms with E-state index < -0.39 is 0 Å². The Morgan fingerprint density at radius 1 is 1.36 bits per heavy atom. The molecule has 0 radical (unpaired) electrons. The summed E-state index contributed by atoms with van der Waals surface area (Å²) in [5.41, 5.74) is 1.75. The molecule has 1 N–H and O–H groups in total. The molecular formula is C11H10N2S. The third-order valence-corrected chi connectivity index (χ3v) is 3.08. The second-order valence-corrected chi connectivity index (χ2v) is 4.06. The maximum Gasteiger partial charge on any atom is 0.103 e. The summed E-state index contributed by atoms with van der Waals surface area (Å²) in [6.07, 6.45) is 0. The van der Waals surface area contributed by atoms with E-state index in [1.165, 1.54) is 0 Å². The fourth-order valence-corrected chi connectivity index (χ4v) is 2.30. The molecule has 0 aliphatic carbocycles. The lowest BCUT2D eigenvalue weighted by Gasteiger charge is -2.02. The van der Waals surface area contributed by atoms with E-state index in [0.29, 0.717) is 0 Å². The van der Waals surface area contributed by atoms with Crippen LogP contribution in [0.2, 0.25) is 0 Å². The van der Waals surface area contributed by atoms with E-state index >= 15 is 0 Å². The van der Waals surface area contributed by atoms with Crippen LogP contribution in [0.1, 0.15) is 5.56 Å². The Morgan fingerprint density at radius 2 is 2.14 bits per heavy atom.